The zero-order valence-electron chi connectivity index (χ0n) is 10.8. The zero-order valence-corrected chi connectivity index (χ0v) is 11.6. The molecule has 1 aromatic rings. The number of nitrogens with one attached hydrogen (secondary N) is 1. The van der Waals surface area contributed by atoms with Crippen LogP contribution in [-0.2, 0) is 24.3 Å². The van der Waals surface area contributed by atoms with Gasteiger partial charge < -0.3 is 10.1 Å². The van der Waals surface area contributed by atoms with E-state index >= 15 is 0 Å². The summed E-state index contributed by atoms with van der Waals surface area (Å²) in [6, 6.07) is 0.766. The van der Waals surface area contributed by atoms with Crippen molar-refractivity contribution in [2.75, 3.05) is 6.61 Å². The average molecular weight is 254 g/mol. The van der Waals surface area contributed by atoms with Crippen molar-refractivity contribution in [1.29, 1.82) is 0 Å². The van der Waals surface area contributed by atoms with Gasteiger partial charge in [-0.3, -0.25) is 0 Å². The molecule has 96 valence electrons. The maximum Gasteiger partial charge on any atom is 0.119 e. The Hall–Kier alpha value is -0.450. The van der Waals surface area contributed by atoms with Gasteiger partial charge in [-0.25, -0.2) is 4.98 Å². The molecule has 1 heterocycles. The average Bonchev–Trinajstić information content (AvgIpc) is 3.08. The lowest BCUT2D eigenvalue weighted by Gasteiger charge is -2.01. The summed E-state index contributed by atoms with van der Waals surface area (Å²) in [5.41, 5.74) is 1.28. The molecule has 1 aliphatic carbocycles. The molecule has 1 saturated carbocycles. The molecule has 4 heteroatoms. The Bertz CT molecular complexity index is 347. The number of ether oxygens (including phenoxy) is 1. The lowest BCUT2D eigenvalue weighted by atomic mass is 10.2. The van der Waals surface area contributed by atoms with Gasteiger partial charge in [0.25, 0.3) is 0 Å². The molecule has 0 unspecified atom stereocenters. The second kappa shape index (κ2) is 6.47. The van der Waals surface area contributed by atoms with E-state index in [1.165, 1.54) is 23.4 Å². The third kappa shape index (κ3) is 4.05. The van der Waals surface area contributed by atoms with E-state index in [0.29, 0.717) is 6.61 Å². The third-order valence-corrected chi connectivity index (χ3v) is 3.94. The van der Waals surface area contributed by atoms with E-state index in [4.69, 9.17) is 4.74 Å². The van der Waals surface area contributed by atoms with Crippen molar-refractivity contribution in [1.82, 2.24) is 10.3 Å². The highest BCUT2D eigenvalue weighted by molar-refractivity contribution is 7.11. The molecule has 17 heavy (non-hydrogen) atoms. The second-order valence-corrected chi connectivity index (χ2v) is 5.69. The SMILES string of the molecule is CCCc1nc(COCC)sc1CNC1CC1. The minimum absolute atomic E-state index is 0.668. The quantitative estimate of drug-likeness (QED) is 0.774. The van der Waals surface area contributed by atoms with Gasteiger partial charge in [0, 0.05) is 24.1 Å². The first-order valence-electron chi connectivity index (χ1n) is 6.62. The lowest BCUT2D eigenvalue weighted by Crippen LogP contribution is -2.15. The molecule has 2 rings (SSSR count). The maximum atomic E-state index is 5.43. The first-order valence-corrected chi connectivity index (χ1v) is 7.43. The van der Waals surface area contributed by atoms with E-state index < -0.39 is 0 Å². The lowest BCUT2D eigenvalue weighted by molar-refractivity contribution is 0.134. The topological polar surface area (TPSA) is 34.1 Å². The van der Waals surface area contributed by atoms with Gasteiger partial charge >= 0.3 is 0 Å². The summed E-state index contributed by atoms with van der Waals surface area (Å²) in [6.45, 7) is 6.65. The predicted octanol–water partition coefficient (Wildman–Crippen LogP) is 2.88. The standard InChI is InChI=1S/C13H22N2OS/c1-3-5-11-12(8-14-10-6-7-10)17-13(15-11)9-16-4-2/h10,14H,3-9H2,1-2H3. The van der Waals surface area contributed by atoms with Crippen molar-refractivity contribution in [2.45, 2.75) is 58.7 Å². The molecule has 0 radical (unpaired) electrons. The highest BCUT2D eigenvalue weighted by atomic mass is 32.1. The summed E-state index contributed by atoms with van der Waals surface area (Å²) in [5.74, 6) is 0. The fourth-order valence-corrected chi connectivity index (χ4v) is 2.79. The Labute approximate surface area is 108 Å². The summed E-state index contributed by atoms with van der Waals surface area (Å²) in [5, 5.41) is 4.70. The first-order chi connectivity index (χ1) is 8.33. The number of aryl methyl sites for hydroxylation is 1. The van der Waals surface area contributed by atoms with Crippen LogP contribution >= 0.6 is 11.3 Å². The maximum absolute atomic E-state index is 5.43. The number of hydrogen-bond acceptors (Lipinski definition) is 4. The summed E-state index contributed by atoms with van der Waals surface area (Å²) < 4.78 is 5.43. The van der Waals surface area contributed by atoms with E-state index in [-0.39, 0.29) is 0 Å². The van der Waals surface area contributed by atoms with Crippen molar-refractivity contribution in [3.05, 3.63) is 15.6 Å². The van der Waals surface area contributed by atoms with Crippen molar-refractivity contribution in [3.8, 4) is 0 Å². The highest BCUT2D eigenvalue weighted by Gasteiger charge is 2.21. The molecule has 0 aliphatic heterocycles. The van der Waals surface area contributed by atoms with Gasteiger partial charge in [0.2, 0.25) is 0 Å². The molecule has 0 spiro atoms. The highest BCUT2D eigenvalue weighted by Crippen LogP contribution is 2.24. The van der Waals surface area contributed by atoms with Crippen LogP contribution in [0.15, 0.2) is 0 Å². The van der Waals surface area contributed by atoms with Crippen LogP contribution in [0.4, 0.5) is 0 Å². The molecule has 1 fully saturated rings. The Morgan fingerprint density at radius 3 is 2.88 bits per heavy atom. The summed E-state index contributed by atoms with van der Waals surface area (Å²) in [4.78, 5) is 6.10. The van der Waals surface area contributed by atoms with Crippen LogP contribution in [0.5, 0.6) is 0 Å². The van der Waals surface area contributed by atoms with Crippen LogP contribution in [0.25, 0.3) is 0 Å². The Morgan fingerprint density at radius 1 is 1.41 bits per heavy atom. The van der Waals surface area contributed by atoms with Crippen LogP contribution in [-0.4, -0.2) is 17.6 Å². The third-order valence-electron chi connectivity index (χ3n) is 2.87. The monoisotopic (exact) mass is 254 g/mol. The minimum Gasteiger partial charge on any atom is -0.375 e. The normalized spacial score (nSPS) is 15.4. The number of thiazole rings is 1. The fourth-order valence-electron chi connectivity index (χ4n) is 1.78. The second-order valence-electron chi connectivity index (χ2n) is 4.52. The van der Waals surface area contributed by atoms with E-state index in [2.05, 4.69) is 17.2 Å². The molecule has 0 aromatic carbocycles. The van der Waals surface area contributed by atoms with Crippen molar-refractivity contribution in [2.24, 2.45) is 0 Å². The summed E-state index contributed by atoms with van der Waals surface area (Å²) in [6.07, 6.45) is 4.93. The van der Waals surface area contributed by atoms with Crippen molar-refractivity contribution in [3.63, 3.8) is 0 Å². The number of rotatable bonds is 8. The molecule has 0 saturated heterocycles. The fraction of sp³-hybridized carbons (Fsp3) is 0.769. The van der Waals surface area contributed by atoms with Gasteiger partial charge in [-0.2, -0.15) is 0 Å². The van der Waals surface area contributed by atoms with Crippen molar-refractivity contribution >= 4 is 11.3 Å². The molecule has 1 aliphatic rings. The van der Waals surface area contributed by atoms with Gasteiger partial charge in [0.15, 0.2) is 0 Å². The van der Waals surface area contributed by atoms with Crippen LogP contribution in [0, 0.1) is 0 Å². The van der Waals surface area contributed by atoms with Crippen LogP contribution < -0.4 is 5.32 Å². The van der Waals surface area contributed by atoms with Crippen molar-refractivity contribution < 1.29 is 4.74 Å². The van der Waals surface area contributed by atoms with Gasteiger partial charge in [-0.15, -0.1) is 11.3 Å². The van der Waals surface area contributed by atoms with Gasteiger partial charge in [0.05, 0.1) is 12.3 Å². The predicted molar refractivity (Wildman–Crippen MR) is 71.3 cm³/mol. The number of hydrogen-bond donors (Lipinski definition) is 1. The first kappa shape index (κ1) is 13.0. The van der Waals surface area contributed by atoms with E-state index in [9.17, 15) is 0 Å². The largest absolute Gasteiger partial charge is 0.375 e. The summed E-state index contributed by atoms with van der Waals surface area (Å²) in [7, 11) is 0. The Balaban J connectivity index is 1.95. The van der Waals surface area contributed by atoms with Gasteiger partial charge in [0.1, 0.15) is 5.01 Å². The summed E-state index contributed by atoms with van der Waals surface area (Å²) >= 11 is 1.81. The van der Waals surface area contributed by atoms with E-state index in [0.717, 1.165) is 37.0 Å². The van der Waals surface area contributed by atoms with Crippen LogP contribution in [0.1, 0.15) is 48.7 Å². The van der Waals surface area contributed by atoms with Crippen LogP contribution in [0.2, 0.25) is 0 Å². The molecule has 0 atom stereocenters. The van der Waals surface area contributed by atoms with Gasteiger partial charge in [-0.1, -0.05) is 13.3 Å². The smallest absolute Gasteiger partial charge is 0.119 e. The van der Waals surface area contributed by atoms with E-state index in [1.807, 2.05) is 18.3 Å². The molecule has 3 nitrogen and oxygen atoms in total. The molecule has 0 bridgehead atoms. The minimum atomic E-state index is 0.668. The molecular formula is C13H22N2OS. The Morgan fingerprint density at radius 2 is 2.24 bits per heavy atom. The number of nitrogens with zero attached hydrogens (tertiary/aromatic N) is 1. The molecule has 1 N–H and O–H groups in total. The van der Waals surface area contributed by atoms with Crippen LogP contribution in [0.3, 0.4) is 0 Å². The van der Waals surface area contributed by atoms with E-state index in [1.54, 1.807) is 0 Å². The molecular weight excluding hydrogens is 232 g/mol. The number of aromatic nitrogens is 1. The molecule has 1 aromatic heterocycles. The molecule has 0 amide bonds. The Kier molecular flexibility index (Phi) is 4.95. The van der Waals surface area contributed by atoms with Gasteiger partial charge in [-0.05, 0) is 26.2 Å². The zero-order chi connectivity index (χ0) is 12.1.